The average molecular weight is 248 g/mol. The maximum absolute atomic E-state index is 5.65. The summed E-state index contributed by atoms with van der Waals surface area (Å²) in [6.07, 6.45) is 3.59. The van der Waals surface area contributed by atoms with Gasteiger partial charge < -0.3 is 14.6 Å². The third-order valence-corrected chi connectivity index (χ3v) is 2.86. The second-order valence-corrected chi connectivity index (χ2v) is 4.93. The summed E-state index contributed by atoms with van der Waals surface area (Å²) >= 11 is 0. The van der Waals surface area contributed by atoms with Gasteiger partial charge in [-0.05, 0) is 26.8 Å². The normalized spacial score (nSPS) is 12.0. The molecule has 0 amide bonds. The summed E-state index contributed by atoms with van der Waals surface area (Å²) in [6.45, 7) is 7.52. The molecule has 0 atom stereocenters. The average Bonchev–Trinajstić information content (AvgIpc) is 2.69. The number of aryl methyl sites for hydroxylation is 1. The molecule has 18 heavy (non-hydrogen) atoms. The first-order valence-electron chi connectivity index (χ1n) is 6.17. The molecule has 98 valence electrons. The van der Waals surface area contributed by atoms with Crippen LogP contribution in [0.5, 0.6) is 0 Å². The van der Waals surface area contributed by atoms with Crippen LogP contribution in [0.2, 0.25) is 0 Å². The molecular formula is C13H20N4O. The maximum Gasteiger partial charge on any atom is 0.154 e. The number of nitrogens with one attached hydrogen (secondary N) is 1. The van der Waals surface area contributed by atoms with Crippen LogP contribution in [0.15, 0.2) is 18.6 Å². The number of rotatable bonds is 5. The highest BCUT2D eigenvalue weighted by Gasteiger charge is 2.18. The van der Waals surface area contributed by atoms with E-state index in [1.54, 1.807) is 12.5 Å². The topological polar surface area (TPSA) is 52.0 Å². The van der Waals surface area contributed by atoms with Crippen LogP contribution < -0.4 is 5.32 Å². The number of ether oxygens (including phenoxy) is 1. The molecule has 2 heterocycles. The van der Waals surface area contributed by atoms with E-state index in [1.807, 2.05) is 24.6 Å². The number of hydrogen-bond donors (Lipinski definition) is 1. The van der Waals surface area contributed by atoms with E-state index in [0.29, 0.717) is 13.2 Å². The fourth-order valence-electron chi connectivity index (χ4n) is 1.93. The molecule has 0 saturated heterocycles. The number of imidazole rings is 1. The second-order valence-electron chi connectivity index (χ2n) is 4.93. The molecule has 0 aliphatic carbocycles. The Morgan fingerprint density at radius 1 is 1.39 bits per heavy atom. The van der Waals surface area contributed by atoms with Crippen molar-refractivity contribution < 1.29 is 4.74 Å². The number of aromatic nitrogens is 3. The molecule has 0 radical (unpaired) electrons. The predicted molar refractivity (Wildman–Crippen MR) is 72.7 cm³/mol. The standard InChI is InChI=1S/C13H20N4O/c1-5-18-13(2,3)8-15-12-11-10(6-7-14-12)17(4)9-16-11/h6-7,9H,5,8H2,1-4H3,(H,14,15). The van der Waals surface area contributed by atoms with Gasteiger partial charge in [-0.3, -0.25) is 0 Å². The smallest absolute Gasteiger partial charge is 0.154 e. The molecule has 5 heteroatoms. The number of nitrogens with zero attached hydrogens (tertiary/aromatic N) is 3. The lowest BCUT2D eigenvalue weighted by Gasteiger charge is -2.25. The zero-order valence-corrected chi connectivity index (χ0v) is 11.4. The van der Waals surface area contributed by atoms with Crippen molar-refractivity contribution in [1.29, 1.82) is 0 Å². The molecule has 1 N–H and O–H groups in total. The largest absolute Gasteiger partial charge is 0.374 e. The van der Waals surface area contributed by atoms with E-state index in [4.69, 9.17) is 4.74 Å². The summed E-state index contributed by atoms with van der Waals surface area (Å²) in [5.41, 5.74) is 1.75. The third kappa shape index (κ3) is 2.61. The van der Waals surface area contributed by atoms with Gasteiger partial charge in [-0.1, -0.05) is 0 Å². The predicted octanol–water partition coefficient (Wildman–Crippen LogP) is 2.20. The van der Waals surface area contributed by atoms with Crippen LogP contribution >= 0.6 is 0 Å². The minimum Gasteiger partial charge on any atom is -0.374 e. The van der Waals surface area contributed by atoms with Gasteiger partial charge in [0.05, 0.1) is 17.4 Å². The Morgan fingerprint density at radius 2 is 2.17 bits per heavy atom. The quantitative estimate of drug-likeness (QED) is 0.881. The van der Waals surface area contributed by atoms with Gasteiger partial charge in [-0.2, -0.15) is 0 Å². The number of pyridine rings is 1. The highest BCUT2D eigenvalue weighted by atomic mass is 16.5. The summed E-state index contributed by atoms with van der Waals surface area (Å²) in [5, 5.41) is 3.31. The van der Waals surface area contributed by atoms with Gasteiger partial charge in [-0.25, -0.2) is 9.97 Å². The zero-order valence-electron chi connectivity index (χ0n) is 11.4. The molecular weight excluding hydrogens is 228 g/mol. The summed E-state index contributed by atoms with van der Waals surface area (Å²) < 4.78 is 7.63. The van der Waals surface area contributed by atoms with E-state index in [0.717, 1.165) is 16.9 Å². The maximum atomic E-state index is 5.65. The Hall–Kier alpha value is -1.62. The first-order chi connectivity index (χ1) is 8.53. The van der Waals surface area contributed by atoms with Crippen molar-refractivity contribution in [2.24, 2.45) is 7.05 Å². The molecule has 0 unspecified atom stereocenters. The van der Waals surface area contributed by atoms with E-state index in [1.165, 1.54) is 0 Å². The monoisotopic (exact) mass is 248 g/mol. The Kier molecular flexibility index (Phi) is 3.52. The van der Waals surface area contributed by atoms with E-state index >= 15 is 0 Å². The van der Waals surface area contributed by atoms with Gasteiger partial charge >= 0.3 is 0 Å². The van der Waals surface area contributed by atoms with Crippen molar-refractivity contribution in [2.45, 2.75) is 26.4 Å². The van der Waals surface area contributed by atoms with Gasteiger partial charge in [0.2, 0.25) is 0 Å². The van der Waals surface area contributed by atoms with Crippen LogP contribution in [0.3, 0.4) is 0 Å². The van der Waals surface area contributed by atoms with Crippen LogP contribution in [-0.2, 0) is 11.8 Å². The minimum atomic E-state index is -0.215. The molecule has 5 nitrogen and oxygen atoms in total. The molecule has 0 fully saturated rings. The Labute approximate surface area is 107 Å². The van der Waals surface area contributed by atoms with Crippen LogP contribution in [0.1, 0.15) is 20.8 Å². The molecule has 2 rings (SSSR count). The van der Waals surface area contributed by atoms with Gasteiger partial charge in [0, 0.05) is 26.4 Å². The number of fused-ring (bicyclic) bond motifs is 1. The zero-order chi connectivity index (χ0) is 13.2. The molecule has 0 aromatic carbocycles. The Balaban J connectivity index is 2.17. The SMILES string of the molecule is CCOC(C)(C)CNc1nccc2c1ncn2C. The fourth-order valence-corrected chi connectivity index (χ4v) is 1.93. The lowest BCUT2D eigenvalue weighted by Crippen LogP contribution is -2.33. The van der Waals surface area contributed by atoms with E-state index in [-0.39, 0.29) is 5.60 Å². The van der Waals surface area contributed by atoms with Crippen molar-refractivity contribution in [1.82, 2.24) is 14.5 Å². The second kappa shape index (κ2) is 4.94. The first kappa shape index (κ1) is 12.8. The van der Waals surface area contributed by atoms with E-state index in [2.05, 4.69) is 29.1 Å². The van der Waals surface area contributed by atoms with Gasteiger partial charge in [-0.15, -0.1) is 0 Å². The number of hydrogen-bond acceptors (Lipinski definition) is 4. The summed E-state index contributed by atoms with van der Waals surface area (Å²) in [5.74, 6) is 0.806. The molecule has 0 aliphatic heterocycles. The molecule has 0 bridgehead atoms. The molecule has 2 aromatic rings. The third-order valence-electron chi connectivity index (χ3n) is 2.86. The lowest BCUT2D eigenvalue weighted by molar-refractivity contribution is 0.000663. The Morgan fingerprint density at radius 3 is 2.89 bits per heavy atom. The first-order valence-corrected chi connectivity index (χ1v) is 6.17. The summed E-state index contributed by atoms with van der Waals surface area (Å²) in [7, 11) is 1.98. The van der Waals surface area contributed by atoms with Crippen LogP contribution in [0.4, 0.5) is 5.82 Å². The van der Waals surface area contributed by atoms with Gasteiger partial charge in [0.25, 0.3) is 0 Å². The van der Waals surface area contributed by atoms with Crippen molar-refractivity contribution >= 4 is 16.9 Å². The van der Waals surface area contributed by atoms with Gasteiger partial charge in [0.1, 0.15) is 5.52 Å². The summed E-state index contributed by atoms with van der Waals surface area (Å²) in [6, 6.07) is 1.96. The highest BCUT2D eigenvalue weighted by molar-refractivity contribution is 5.85. The van der Waals surface area contributed by atoms with E-state index < -0.39 is 0 Å². The van der Waals surface area contributed by atoms with Crippen molar-refractivity contribution in [3.05, 3.63) is 18.6 Å². The van der Waals surface area contributed by atoms with Crippen molar-refractivity contribution in [3.63, 3.8) is 0 Å². The number of anilines is 1. The van der Waals surface area contributed by atoms with Gasteiger partial charge in [0.15, 0.2) is 5.82 Å². The van der Waals surface area contributed by atoms with Crippen molar-refractivity contribution in [2.75, 3.05) is 18.5 Å². The molecule has 0 spiro atoms. The van der Waals surface area contributed by atoms with Crippen molar-refractivity contribution in [3.8, 4) is 0 Å². The fraction of sp³-hybridized carbons (Fsp3) is 0.538. The van der Waals surface area contributed by atoms with Crippen LogP contribution in [0, 0.1) is 0 Å². The summed E-state index contributed by atoms with van der Waals surface area (Å²) in [4.78, 5) is 8.70. The van der Waals surface area contributed by atoms with E-state index in [9.17, 15) is 0 Å². The lowest BCUT2D eigenvalue weighted by atomic mass is 10.1. The molecule has 0 aliphatic rings. The molecule has 2 aromatic heterocycles. The minimum absolute atomic E-state index is 0.215. The molecule has 0 saturated carbocycles. The Bertz CT molecular complexity index is 533. The van der Waals surface area contributed by atoms with Crippen LogP contribution in [-0.4, -0.2) is 33.3 Å². The van der Waals surface area contributed by atoms with Crippen LogP contribution in [0.25, 0.3) is 11.0 Å². The highest BCUT2D eigenvalue weighted by Crippen LogP contribution is 2.19.